The predicted octanol–water partition coefficient (Wildman–Crippen LogP) is 6.70. The molecule has 0 radical (unpaired) electrons. The van der Waals surface area contributed by atoms with Crippen LogP contribution in [0.3, 0.4) is 0 Å². The van der Waals surface area contributed by atoms with Crippen LogP contribution in [0.2, 0.25) is 0 Å². The van der Waals surface area contributed by atoms with Gasteiger partial charge in [0.15, 0.2) is 0 Å². The molecule has 0 aliphatic heterocycles. The summed E-state index contributed by atoms with van der Waals surface area (Å²) in [5.74, 6) is 3.08. The van der Waals surface area contributed by atoms with Gasteiger partial charge >= 0.3 is 0 Å². The largest absolute Gasteiger partial charge is 0.370 e. The van der Waals surface area contributed by atoms with Gasteiger partial charge < -0.3 is 4.74 Å². The topological polar surface area (TPSA) is 9.23 Å². The molecule has 2 unspecified atom stereocenters. The van der Waals surface area contributed by atoms with Gasteiger partial charge in [-0.3, -0.25) is 0 Å². The van der Waals surface area contributed by atoms with Crippen molar-refractivity contribution in [3.8, 4) is 0 Å². The second-order valence-corrected chi connectivity index (χ2v) is 9.14. The van der Waals surface area contributed by atoms with Crippen molar-refractivity contribution in [1.82, 2.24) is 0 Å². The summed E-state index contributed by atoms with van der Waals surface area (Å²) in [7, 11) is 0. The lowest BCUT2D eigenvalue weighted by Gasteiger charge is -2.38. The lowest BCUT2D eigenvalue weighted by Crippen LogP contribution is -2.37. The van der Waals surface area contributed by atoms with Crippen molar-refractivity contribution in [3.63, 3.8) is 0 Å². The van der Waals surface area contributed by atoms with E-state index in [9.17, 15) is 0 Å². The molecule has 0 heterocycles. The van der Waals surface area contributed by atoms with E-state index in [1.165, 1.54) is 12.8 Å². The van der Waals surface area contributed by atoms with Crippen LogP contribution in [-0.2, 0) is 4.74 Å². The van der Waals surface area contributed by atoms with Gasteiger partial charge in [-0.2, -0.15) is 0 Å². The SMILES string of the molecule is CC(C)C(C)CCC(C)(C)OC(C)(C)CCC(C)C(C)C. The second kappa shape index (κ2) is 8.56. The van der Waals surface area contributed by atoms with Gasteiger partial charge in [0.2, 0.25) is 0 Å². The molecule has 0 aromatic carbocycles. The Balaban J connectivity index is 4.33. The van der Waals surface area contributed by atoms with Gasteiger partial charge in [-0.15, -0.1) is 0 Å². The predicted molar refractivity (Wildman–Crippen MR) is 95.7 cm³/mol. The maximum Gasteiger partial charge on any atom is 0.0633 e. The molecule has 0 amide bonds. The number of rotatable bonds is 10. The van der Waals surface area contributed by atoms with Crippen molar-refractivity contribution in [1.29, 1.82) is 0 Å². The second-order valence-electron chi connectivity index (χ2n) is 9.14. The Hall–Kier alpha value is -0.0400. The standard InChI is InChI=1S/C20H42O/c1-15(2)17(5)11-13-19(7,8)21-20(9,10)14-12-18(6)16(3)4/h15-18H,11-14H2,1-10H3. The van der Waals surface area contributed by atoms with E-state index in [2.05, 4.69) is 69.2 Å². The summed E-state index contributed by atoms with van der Waals surface area (Å²) >= 11 is 0. The monoisotopic (exact) mass is 298 g/mol. The molecule has 1 heteroatoms. The summed E-state index contributed by atoms with van der Waals surface area (Å²) in [6.45, 7) is 23.0. The molecular weight excluding hydrogens is 256 g/mol. The first-order valence-electron chi connectivity index (χ1n) is 9.06. The van der Waals surface area contributed by atoms with Gasteiger partial charge in [-0.1, -0.05) is 41.5 Å². The molecule has 128 valence electrons. The first kappa shape index (κ1) is 21.0. The van der Waals surface area contributed by atoms with Crippen LogP contribution in [-0.4, -0.2) is 11.2 Å². The van der Waals surface area contributed by atoms with Crippen LogP contribution in [0.15, 0.2) is 0 Å². The molecule has 0 spiro atoms. The molecule has 0 bridgehead atoms. The fourth-order valence-corrected chi connectivity index (χ4v) is 2.67. The Morgan fingerprint density at radius 2 is 0.905 bits per heavy atom. The summed E-state index contributed by atoms with van der Waals surface area (Å²) in [4.78, 5) is 0. The normalized spacial score (nSPS) is 16.6. The smallest absolute Gasteiger partial charge is 0.0633 e. The minimum atomic E-state index is -0.0201. The van der Waals surface area contributed by atoms with Gasteiger partial charge in [0, 0.05) is 0 Å². The molecule has 21 heavy (non-hydrogen) atoms. The molecule has 2 atom stereocenters. The van der Waals surface area contributed by atoms with Gasteiger partial charge in [-0.05, 0) is 77.0 Å². The van der Waals surface area contributed by atoms with Gasteiger partial charge in [0.05, 0.1) is 11.2 Å². The average Bonchev–Trinajstić information content (AvgIpc) is 2.31. The highest BCUT2D eigenvalue weighted by atomic mass is 16.5. The van der Waals surface area contributed by atoms with Crippen LogP contribution in [0.5, 0.6) is 0 Å². The van der Waals surface area contributed by atoms with Crippen molar-refractivity contribution in [2.45, 2.75) is 106 Å². The summed E-state index contributed by atoms with van der Waals surface area (Å²) in [5.41, 5.74) is -0.0402. The highest BCUT2D eigenvalue weighted by Gasteiger charge is 2.30. The van der Waals surface area contributed by atoms with Crippen molar-refractivity contribution in [2.24, 2.45) is 23.7 Å². The third kappa shape index (κ3) is 9.55. The number of hydrogen-bond acceptors (Lipinski definition) is 1. The highest BCUT2D eigenvalue weighted by Crippen LogP contribution is 2.31. The Morgan fingerprint density at radius 3 is 1.14 bits per heavy atom. The van der Waals surface area contributed by atoms with E-state index in [-0.39, 0.29) is 11.2 Å². The number of ether oxygens (including phenoxy) is 1. The summed E-state index contributed by atoms with van der Waals surface area (Å²) in [6, 6.07) is 0. The fraction of sp³-hybridized carbons (Fsp3) is 1.00. The zero-order valence-corrected chi connectivity index (χ0v) is 16.5. The molecule has 0 rings (SSSR count). The van der Waals surface area contributed by atoms with Gasteiger partial charge in [-0.25, -0.2) is 0 Å². The fourth-order valence-electron chi connectivity index (χ4n) is 2.67. The molecule has 0 aliphatic carbocycles. The van der Waals surface area contributed by atoms with E-state index < -0.39 is 0 Å². The molecule has 1 nitrogen and oxygen atoms in total. The molecule has 0 aliphatic rings. The molecule has 0 saturated heterocycles. The molecule has 0 fully saturated rings. The van der Waals surface area contributed by atoms with Crippen LogP contribution in [0.4, 0.5) is 0 Å². The Kier molecular flexibility index (Phi) is 8.54. The van der Waals surface area contributed by atoms with Crippen molar-refractivity contribution >= 4 is 0 Å². The lowest BCUT2D eigenvalue weighted by molar-refractivity contribution is -0.133. The molecule has 0 aromatic rings. The van der Waals surface area contributed by atoms with E-state index in [1.807, 2.05) is 0 Å². The van der Waals surface area contributed by atoms with Crippen LogP contribution in [0.1, 0.15) is 94.9 Å². The van der Waals surface area contributed by atoms with Gasteiger partial charge in [0.25, 0.3) is 0 Å². The summed E-state index contributed by atoms with van der Waals surface area (Å²) < 4.78 is 6.49. The van der Waals surface area contributed by atoms with E-state index in [0.717, 1.165) is 36.5 Å². The van der Waals surface area contributed by atoms with E-state index in [1.54, 1.807) is 0 Å². The van der Waals surface area contributed by atoms with Crippen molar-refractivity contribution < 1.29 is 4.74 Å². The van der Waals surface area contributed by atoms with Gasteiger partial charge in [0.1, 0.15) is 0 Å². The summed E-state index contributed by atoms with van der Waals surface area (Å²) in [5, 5.41) is 0. The first-order chi connectivity index (χ1) is 9.36. The van der Waals surface area contributed by atoms with E-state index in [0.29, 0.717) is 0 Å². The zero-order chi connectivity index (χ0) is 16.8. The Morgan fingerprint density at radius 1 is 0.619 bits per heavy atom. The molecule has 0 aromatic heterocycles. The van der Waals surface area contributed by atoms with Crippen LogP contribution < -0.4 is 0 Å². The quantitative estimate of drug-likeness (QED) is 0.436. The number of hydrogen-bond donors (Lipinski definition) is 0. The van der Waals surface area contributed by atoms with Crippen LogP contribution >= 0.6 is 0 Å². The zero-order valence-electron chi connectivity index (χ0n) is 16.5. The summed E-state index contributed by atoms with van der Waals surface area (Å²) in [6.07, 6.45) is 4.80. The molecule has 0 N–H and O–H groups in total. The maximum absolute atomic E-state index is 6.49. The third-order valence-electron chi connectivity index (χ3n) is 5.23. The minimum Gasteiger partial charge on any atom is -0.370 e. The molecule has 0 saturated carbocycles. The van der Waals surface area contributed by atoms with Crippen LogP contribution in [0, 0.1) is 23.7 Å². The van der Waals surface area contributed by atoms with Crippen molar-refractivity contribution in [2.75, 3.05) is 0 Å². The maximum atomic E-state index is 6.49. The average molecular weight is 299 g/mol. The van der Waals surface area contributed by atoms with Crippen LogP contribution in [0.25, 0.3) is 0 Å². The minimum absolute atomic E-state index is 0.0201. The van der Waals surface area contributed by atoms with E-state index in [4.69, 9.17) is 4.74 Å². The molecular formula is C20H42O. The Labute approximate surface area is 135 Å². The van der Waals surface area contributed by atoms with Crippen molar-refractivity contribution in [3.05, 3.63) is 0 Å². The highest BCUT2D eigenvalue weighted by molar-refractivity contribution is 4.79. The first-order valence-corrected chi connectivity index (χ1v) is 9.06. The van der Waals surface area contributed by atoms with E-state index >= 15 is 0 Å². The third-order valence-corrected chi connectivity index (χ3v) is 5.23. The lowest BCUT2D eigenvalue weighted by atomic mass is 9.87. The Bertz CT molecular complexity index is 248.